The molecule has 0 radical (unpaired) electrons. The molecule has 0 saturated carbocycles. The van der Waals surface area contributed by atoms with Crippen LogP contribution in [0.5, 0.6) is 0 Å². The van der Waals surface area contributed by atoms with Crippen LogP contribution in [0.3, 0.4) is 0 Å². The predicted octanol–water partition coefficient (Wildman–Crippen LogP) is 4.67. The molecule has 1 aromatic carbocycles. The molecule has 0 spiro atoms. The van der Waals surface area contributed by atoms with Crippen LogP contribution in [0.4, 0.5) is 5.69 Å². The van der Waals surface area contributed by atoms with Crippen LogP contribution in [0.2, 0.25) is 0 Å². The molecular weight excluding hydrogens is 250 g/mol. The van der Waals surface area contributed by atoms with Gasteiger partial charge in [-0.05, 0) is 49.9 Å². The first-order valence-electron chi connectivity index (χ1n) is 5.61. The van der Waals surface area contributed by atoms with E-state index in [0.717, 1.165) is 4.47 Å². The van der Waals surface area contributed by atoms with E-state index in [1.165, 1.54) is 29.7 Å². The Bertz CT molecular complexity index is 306. The molecule has 1 rings (SSSR count). The number of aryl methyl sites for hydroxylation is 2. The third-order valence-electron chi connectivity index (χ3n) is 2.83. The van der Waals surface area contributed by atoms with Crippen molar-refractivity contribution >= 4 is 21.6 Å². The van der Waals surface area contributed by atoms with Crippen molar-refractivity contribution in [3.8, 4) is 0 Å². The van der Waals surface area contributed by atoms with Crippen LogP contribution in [-0.2, 0) is 0 Å². The van der Waals surface area contributed by atoms with Crippen molar-refractivity contribution in [3.05, 3.63) is 27.7 Å². The SMILES string of the molecule is CCC(CC)Nc1c(C)cc(Br)cc1C. The van der Waals surface area contributed by atoms with Crippen LogP contribution in [0.15, 0.2) is 16.6 Å². The molecule has 15 heavy (non-hydrogen) atoms. The molecule has 0 aliphatic rings. The zero-order chi connectivity index (χ0) is 11.4. The summed E-state index contributed by atoms with van der Waals surface area (Å²) in [6.07, 6.45) is 2.34. The monoisotopic (exact) mass is 269 g/mol. The Morgan fingerprint density at radius 1 is 1.13 bits per heavy atom. The number of halogens is 1. The zero-order valence-corrected chi connectivity index (χ0v) is 11.6. The van der Waals surface area contributed by atoms with E-state index in [1.54, 1.807) is 0 Å². The first-order chi connectivity index (χ1) is 7.08. The van der Waals surface area contributed by atoms with E-state index in [1.807, 2.05) is 0 Å². The Kier molecular flexibility index (Phi) is 4.65. The molecule has 0 heterocycles. The number of nitrogens with one attached hydrogen (secondary N) is 1. The van der Waals surface area contributed by atoms with E-state index in [4.69, 9.17) is 0 Å². The Morgan fingerprint density at radius 2 is 1.60 bits per heavy atom. The summed E-state index contributed by atoms with van der Waals surface area (Å²) in [5.74, 6) is 0. The van der Waals surface area contributed by atoms with Gasteiger partial charge in [-0.1, -0.05) is 29.8 Å². The van der Waals surface area contributed by atoms with Gasteiger partial charge >= 0.3 is 0 Å². The van der Waals surface area contributed by atoms with Crippen molar-refractivity contribution < 1.29 is 0 Å². The minimum atomic E-state index is 0.587. The quantitative estimate of drug-likeness (QED) is 0.838. The maximum Gasteiger partial charge on any atom is 0.0402 e. The number of hydrogen-bond donors (Lipinski definition) is 1. The normalized spacial score (nSPS) is 10.8. The third-order valence-corrected chi connectivity index (χ3v) is 3.29. The highest BCUT2D eigenvalue weighted by atomic mass is 79.9. The lowest BCUT2D eigenvalue weighted by molar-refractivity contribution is 0.670. The second-order valence-electron chi connectivity index (χ2n) is 4.07. The molecule has 0 unspecified atom stereocenters. The summed E-state index contributed by atoms with van der Waals surface area (Å²) < 4.78 is 1.16. The van der Waals surface area contributed by atoms with Gasteiger partial charge in [-0.2, -0.15) is 0 Å². The molecule has 84 valence electrons. The molecule has 0 aromatic heterocycles. The number of rotatable bonds is 4. The van der Waals surface area contributed by atoms with Crippen molar-refractivity contribution in [2.45, 2.75) is 46.6 Å². The summed E-state index contributed by atoms with van der Waals surface area (Å²) in [6, 6.07) is 4.92. The summed E-state index contributed by atoms with van der Waals surface area (Å²) in [7, 11) is 0. The molecule has 0 aliphatic carbocycles. The van der Waals surface area contributed by atoms with Gasteiger partial charge in [0.2, 0.25) is 0 Å². The standard InChI is InChI=1S/C13H20BrN/c1-5-12(6-2)15-13-9(3)7-11(14)8-10(13)4/h7-8,12,15H,5-6H2,1-4H3. The maximum atomic E-state index is 3.62. The predicted molar refractivity (Wildman–Crippen MR) is 71.6 cm³/mol. The lowest BCUT2D eigenvalue weighted by Gasteiger charge is -2.20. The summed E-state index contributed by atoms with van der Waals surface area (Å²) >= 11 is 3.52. The molecule has 0 aliphatic heterocycles. The molecule has 1 aromatic rings. The molecule has 1 nitrogen and oxygen atoms in total. The molecule has 0 saturated heterocycles. The first kappa shape index (κ1) is 12.6. The number of hydrogen-bond acceptors (Lipinski definition) is 1. The summed E-state index contributed by atoms with van der Waals surface area (Å²) in [6.45, 7) is 8.76. The maximum absolute atomic E-state index is 3.62. The molecule has 0 fully saturated rings. The van der Waals surface area contributed by atoms with Crippen LogP contribution in [0.1, 0.15) is 37.8 Å². The average Bonchev–Trinajstić information content (AvgIpc) is 2.17. The van der Waals surface area contributed by atoms with Gasteiger partial charge in [0.05, 0.1) is 0 Å². The largest absolute Gasteiger partial charge is 0.382 e. The molecular formula is C13H20BrN. The van der Waals surface area contributed by atoms with E-state index in [-0.39, 0.29) is 0 Å². The first-order valence-corrected chi connectivity index (χ1v) is 6.41. The average molecular weight is 270 g/mol. The molecule has 2 heteroatoms. The fourth-order valence-corrected chi connectivity index (χ4v) is 2.52. The van der Waals surface area contributed by atoms with Crippen molar-refractivity contribution in [1.82, 2.24) is 0 Å². The van der Waals surface area contributed by atoms with Gasteiger partial charge in [-0.3, -0.25) is 0 Å². The molecule has 1 N–H and O–H groups in total. The van der Waals surface area contributed by atoms with E-state index in [9.17, 15) is 0 Å². The Balaban J connectivity index is 2.94. The fourth-order valence-electron chi connectivity index (χ4n) is 1.84. The van der Waals surface area contributed by atoms with Crippen LogP contribution in [0, 0.1) is 13.8 Å². The van der Waals surface area contributed by atoms with Gasteiger partial charge in [0.15, 0.2) is 0 Å². The van der Waals surface area contributed by atoms with Crippen molar-refractivity contribution in [2.75, 3.05) is 5.32 Å². The van der Waals surface area contributed by atoms with Crippen molar-refractivity contribution in [3.63, 3.8) is 0 Å². The zero-order valence-electron chi connectivity index (χ0n) is 10.0. The van der Waals surface area contributed by atoms with E-state index < -0.39 is 0 Å². The van der Waals surface area contributed by atoms with Crippen LogP contribution in [0.25, 0.3) is 0 Å². The summed E-state index contributed by atoms with van der Waals surface area (Å²) in [5.41, 5.74) is 3.93. The Morgan fingerprint density at radius 3 is 2.00 bits per heavy atom. The van der Waals surface area contributed by atoms with Gasteiger partial charge < -0.3 is 5.32 Å². The summed E-state index contributed by atoms with van der Waals surface area (Å²) in [4.78, 5) is 0. The van der Waals surface area contributed by atoms with E-state index in [0.29, 0.717) is 6.04 Å². The van der Waals surface area contributed by atoms with Gasteiger partial charge in [0.25, 0.3) is 0 Å². The van der Waals surface area contributed by atoms with Crippen LogP contribution < -0.4 is 5.32 Å². The minimum Gasteiger partial charge on any atom is -0.382 e. The highest BCUT2D eigenvalue weighted by molar-refractivity contribution is 9.10. The second-order valence-corrected chi connectivity index (χ2v) is 4.99. The van der Waals surface area contributed by atoms with E-state index in [2.05, 4.69) is 61.1 Å². The van der Waals surface area contributed by atoms with Gasteiger partial charge in [0, 0.05) is 16.2 Å². The molecule has 0 amide bonds. The lowest BCUT2D eigenvalue weighted by atomic mass is 10.1. The fraction of sp³-hybridized carbons (Fsp3) is 0.538. The third kappa shape index (κ3) is 3.23. The second kappa shape index (κ2) is 5.55. The minimum absolute atomic E-state index is 0.587. The number of anilines is 1. The van der Waals surface area contributed by atoms with Crippen LogP contribution in [-0.4, -0.2) is 6.04 Å². The van der Waals surface area contributed by atoms with Crippen LogP contribution >= 0.6 is 15.9 Å². The topological polar surface area (TPSA) is 12.0 Å². The smallest absolute Gasteiger partial charge is 0.0402 e. The number of benzene rings is 1. The lowest BCUT2D eigenvalue weighted by Crippen LogP contribution is -2.18. The molecule has 0 atom stereocenters. The van der Waals surface area contributed by atoms with Gasteiger partial charge in [0.1, 0.15) is 0 Å². The van der Waals surface area contributed by atoms with Crippen molar-refractivity contribution in [2.24, 2.45) is 0 Å². The summed E-state index contributed by atoms with van der Waals surface area (Å²) in [5, 5.41) is 3.62. The Hall–Kier alpha value is -0.500. The highest BCUT2D eigenvalue weighted by Gasteiger charge is 2.08. The Labute approximate surface area is 101 Å². The van der Waals surface area contributed by atoms with Gasteiger partial charge in [-0.15, -0.1) is 0 Å². The van der Waals surface area contributed by atoms with Gasteiger partial charge in [-0.25, -0.2) is 0 Å². The molecule has 0 bridgehead atoms. The highest BCUT2D eigenvalue weighted by Crippen LogP contribution is 2.26. The van der Waals surface area contributed by atoms with E-state index >= 15 is 0 Å². The van der Waals surface area contributed by atoms with Crippen molar-refractivity contribution in [1.29, 1.82) is 0 Å².